The zero-order chi connectivity index (χ0) is 23.2. The second-order valence-corrected chi connectivity index (χ2v) is 9.19. The number of nitrogens with zero attached hydrogens (tertiary/aromatic N) is 4. The molecule has 0 spiro atoms. The fraction of sp³-hybridized carbons (Fsp3) is 0.292. The van der Waals surface area contributed by atoms with Gasteiger partial charge in [-0.05, 0) is 57.3 Å². The molecule has 1 aliphatic heterocycles. The number of hydrogen-bond donors (Lipinski definition) is 1. The number of aryl methyl sites for hydroxylation is 2. The van der Waals surface area contributed by atoms with Gasteiger partial charge >= 0.3 is 0 Å². The van der Waals surface area contributed by atoms with E-state index in [1.54, 1.807) is 0 Å². The molecule has 3 aromatic rings. The number of likely N-dealkylation sites (tertiary alicyclic amines) is 1. The van der Waals surface area contributed by atoms with Crippen molar-refractivity contribution in [2.75, 3.05) is 27.2 Å². The van der Waals surface area contributed by atoms with Gasteiger partial charge in [-0.15, -0.1) is 0 Å². The van der Waals surface area contributed by atoms with E-state index in [9.17, 15) is 14.7 Å². The van der Waals surface area contributed by atoms with Crippen LogP contribution in [0.2, 0.25) is 0 Å². The minimum atomic E-state index is -0.692. The van der Waals surface area contributed by atoms with Gasteiger partial charge in [-0.3, -0.25) is 9.59 Å². The highest BCUT2D eigenvalue weighted by Gasteiger charge is 2.46. The Bertz CT molecular complexity index is 1240. The number of fused-ring (bicyclic) bond motifs is 1. The van der Waals surface area contributed by atoms with Gasteiger partial charge in [0.15, 0.2) is 5.76 Å². The number of rotatable bonds is 5. The van der Waals surface area contributed by atoms with Crippen molar-refractivity contribution in [1.82, 2.24) is 19.2 Å². The molecule has 0 aliphatic carbocycles. The van der Waals surface area contributed by atoms with Gasteiger partial charge in [0.1, 0.15) is 11.3 Å². The predicted molar refractivity (Wildman–Crippen MR) is 126 cm³/mol. The summed E-state index contributed by atoms with van der Waals surface area (Å²) in [4.78, 5) is 34.3. The number of aliphatic hydroxyl groups excluding tert-OH is 1. The van der Waals surface area contributed by atoms with Crippen molar-refractivity contribution in [3.63, 3.8) is 0 Å². The van der Waals surface area contributed by atoms with Crippen LogP contribution in [0.15, 0.2) is 52.6 Å². The summed E-state index contributed by atoms with van der Waals surface area (Å²) in [5.41, 5.74) is 3.49. The molecule has 1 unspecified atom stereocenters. The van der Waals surface area contributed by atoms with E-state index in [1.165, 1.54) is 4.90 Å². The van der Waals surface area contributed by atoms with Gasteiger partial charge in [-0.25, -0.2) is 4.98 Å². The molecule has 8 heteroatoms. The summed E-state index contributed by atoms with van der Waals surface area (Å²) < 4.78 is 2.76. The van der Waals surface area contributed by atoms with Crippen LogP contribution in [0.4, 0.5) is 0 Å². The number of carbonyl (C=O) groups excluding carboxylic acids is 2. The lowest BCUT2D eigenvalue weighted by Gasteiger charge is -2.26. The molecule has 1 aromatic carbocycles. The Hall–Kier alpha value is -2.97. The molecule has 7 nitrogen and oxygen atoms in total. The minimum Gasteiger partial charge on any atom is -0.505 e. The second-order valence-electron chi connectivity index (χ2n) is 8.28. The maximum atomic E-state index is 13.2. The number of likely N-dealkylation sites (N-methyl/N-ethyl adjacent to an activating group) is 1. The Labute approximate surface area is 195 Å². The molecule has 1 amide bonds. The number of Topliss-reactive ketones (excluding diaryl/α,β-unsaturated/α-hetero) is 1. The van der Waals surface area contributed by atoms with Crippen LogP contribution in [0.1, 0.15) is 28.6 Å². The maximum absolute atomic E-state index is 13.2. The molecule has 1 atom stereocenters. The van der Waals surface area contributed by atoms with Crippen molar-refractivity contribution in [3.05, 3.63) is 75.2 Å². The van der Waals surface area contributed by atoms with E-state index in [4.69, 9.17) is 0 Å². The van der Waals surface area contributed by atoms with E-state index in [0.29, 0.717) is 30.1 Å². The Balaban J connectivity index is 1.91. The largest absolute Gasteiger partial charge is 0.505 e. The van der Waals surface area contributed by atoms with E-state index >= 15 is 0 Å². The number of halogens is 1. The molecule has 3 heterocycles. The summed E-state index contributed by atoms with van der Waals surface area (Å²) in [6.07, 6.45) is 1.86. The SMILES string of the molecule is Cc1cccn2c(C)c(/C(O)=C3\C(=O)C(=O)N(CCN(C)C)C3c3ccc(Br)cc3)nc12. The van der Waals surface area contributed by atoms with Gasteiger partial charge in [-0.2, -0.15) is 0 Å². The van der Waals surface area contributed by atoms with Crippen molar-refractivity contribution in [1.29, 1.82) is 0 Å². The van der Waals surface area contributed by atoms with Crippen molar-refractivity contribution < 1.29 is 14.7 Å². The smallest absolute Gasteiger partial charge is 0.295 e. The first-order chi connectivity index (χ1) is 15.2. The molecule has 2 aromatic heterocycles. The monoisotopic (exact) mass is 496 g/mol. The predicted octanol–water partition coefficient (Wildman–Crippen LogP) is 3.70. The maximum Gasteiger partial charge on any atom is 0.295 e. The third-order valence-electron chi connectivity index (χ3n) is 5.82. The number of benzene rings is 1. The fourth-order valence-corrected chi connectivity index (χ4v) is 4.35. The average Bonchev–Trinajstić information content (AvgIpc) is 3.22. The Kier molecular flexibility index (Phi) is 5.92. The van der Waals surface area contributed by atoms with Crippen molar-refractivity contribution in [2.45, 2.75) is 19.9 Å². The zero-order valence-electron chi connectivity index (χ0n) is 18.5. The summed E-state index contributed by atoms with van der Waals surface area (Å²) in [7, 11) is 3.82. The van der Waals surface area contributed by atoms with Crippen molar-refractivity contribution in [3.8, 4) is 0 Å². The molecule has 0 saturated carbocycles. The lowest BCUT2D eigenvalue weighted by Crippen LogP contribution is -2.35. The molecule has 1 N–H and O–H groups in total. The molecule has 32 heavy (non-hydrogen) atoms. The van der Waals surface area contributed by atoms with Gasteiger partial charge in [0.2, 0.25) is 0 Å². The Morgan fingerprint density at radius 3 is 2.47 bits per heavy atom. The van der Waals surface area contributed by atoms with Crippen molar-refractivity contribution >= 4 is 39.0 Å². The first-order valence-corrected chi connectivity index (χ1v) is 11.1. The fourth-order valence-electron chi connectivity index (χ4n) is 4.08. The highest BCUT2D eigenvalue weighted by Crippen LogP contribution is 2.40. The van der Waals surface area contributed by atoms with Crippen LogP contribution in [0.5, 0.6) is 0 Å². The van der Waals surface area contributed by atoms with Crippen LogP contribution < -0.4 is 0 Å². The number of hydrogen-bond acceptors (Lipinski definition) is 5. The number of aromatic nitrogens is 2. The van der Waals surface area contributed by atoms with Crippen LogP contribution in [0.3, 0.4) is 0 Å². The van der Waals surface area contributed by atoms with E-state index in [2.05, 4.69) is 20.9 Å². The molecule has 166 valence electrons. The number of ketones is 1. The van der Waals surface area contributed by atoms with Crippen LogP contribution in [-0.4, -0.2) is 63.2 Å². The lowest BCUT2D eigenvalue weighted by atomic mass is 9.96. The molecule has 0 bridgehead atoms. The summed E-state index contributed by atoms with van der Waals surface area (Å²) in [5.74, 6) is -1.55. The van der Waals surface area contributed by atoms with Crippen LogP contribution >= 0.6 is 15.9 Å². The van der Waals surface area contributed by atoms with Gasteiger partial charge in [-0.1, -0.05) is 34.1 Å². The van der Waals surface area contributed by atoms with E-state index in [-0.39, 0.29) is 11.3 Å². The van der Waals surface area contributed by atoms with Crippen molar-refractivity contribution in [2.24, 2.45) is 0 Å². The molecular weight excluding hydrogens is 472 g/mol. The highest BCUT2D eigenvalue weighted by atomic mass is 79.9. The summed E-state index contributed by atoms with van der Waals surface area (Å²) in [6.45, 7) is 4.73. The molecule has 1 aliphatic rings. The quantitative estimate of drug-likeness (QED) is 0.331. The van der Waals surface area contributed by atoms with E-state index in [0.717, 1.165) is 15.6 Å². The first-order valence-electron chi connectivity index (χ1n) is 10.3. The first kappa shape index (κ1) is 22.2. The number of aliphatic hydroxyl groups is 1. The van der Waals surface area contributed by atoms with Gasteiger partial charge < -0.3 is 19.3 Å². The number of amides is 1. The second kappa shape index (κ2) is 8.52. The normalized spacial score (nSPS) is 18.3. The van der Waals surface area contributed by atoms with Crippen LogP contribution in [-0.2, 0) is 9.59 Å². The zero-order valence-corrected chi connectivity index (χ0v) is 20.0. The lowest BCUT2D eigenvalue weighted by molar-refractivity contribution is -0.140. The molecular formula is C24H25BrN4O3. The Morgan fingerprint density at radius 1 is 1.16 bits per heavy atom. The molecule has 4 rings (SSSR count). The summed E-state index contributed by atoms with van der Waals surface area (Å²) in [6, 6.07) is 10.6. The van der Waals surface area contributed by atoms with Crippen LogP contribution in [0, 0.1) is 13.8 Å². The summed E-state index contributed by atoms with van der Waals surface area (Å²) in [5, 5.41) is 11.3. The van der Waals surface area contributed by atoms with Gasteiger partial charge in [0.05, 0.1) is 17.3 Å². The third-order valence-corrected chi connectivity index (χ3v) is 6.35. The summed E-state index contributed by atoms with van der Waals surface area (Å²) >= 11 is 3.43. The number of carbonyl (C=O) groups is 2. The number of imidazole rings is 1. The molecule has 1 saturated heterocycles. The van der Waals surface area contributed by atoms with E-state index in [1.807, 2.05) is 79.8 Å². The number of pyridine rings is 1. The minimum absolute atomic E-state index is 0.0697. The molecule has 0 radical (unpaired) electrons. The van der Waals surface area contributed by atoms with Gasteiger partial charge in [0, 0.05) is 23.8 Å². The average molecular weight is 497 g/mol. The standard InChI is InChI=1S/C24H25BrN4O3/c1-14-6-5-11-28-15(2)19(26-23(14)28)21(30)18-20(16-7-9-17(25)10-8-16)29(13-12-27(3)4)24(32)22(18)31/h5-11,20,30H,12-13H2,1-4H3/b21-18+. The Morgan fingerprint density at radius 2 is 1.84 bits per heavy atom. The van der Waals surface area contributed by atoms with Crippen LogP contribution in [0.25, 0.3) is 11.4 Å². The molecule has 1 fully saturated rings. The third kappa shape index (κ3) is 3.73. The van der Waals surface area contributed by atoms with E-state index < -0.39 is 17.7 Å². The highest BCUT2D eigenvalue weighted by molar-refractivity contribution is 9.10. The van der Waals surface area contributed by atoms with Gasteiger partial charge in [0.25, 0.3) is 11.7 Å². The topological polar surface area (TPSA) is 78.2 Å².